The molecule has 0 aliphatic rings. The highest BCUT2D eigenvalue weighted by Gasteiger charge is 2.00. The van der Waals surface area contributed by atoms with Crippen molar-refractivity contribution in [1.82, 2.24) is 19.7 Å². The van der Waals surface area contributed by atoms with Gasteiger partial charge in [0.2, 0.25) is 0 Å². The van der Waals surface area contributed by atoms with Gasteiger partial charge in [0.05, 0.1) is 6.20 Å². The van der Waals surface area contributed by atoms with E-state index in [-0.39, 0.29) is 0 Å². The van der Waals surface area contributed by atoms with Gasteiger partial charge in [0.1, 0.15) is 0 Å². The average molecular weight is 216 g/mol. The van der Waals surface area contributed by atoms with Crippen LogP contribution in [0.1, 0.15) is 11.1 Å². The molecule has 84 valence electrons. The van der Waals surface area contributed by atoms with Gasteiger partial charge in [0.25, 0.3) is 0 Å². The summed E-state index contributed by atoms with van der Waals surface area (Å²) in [7, 11) is 4.09. The topological polar surface area (TPSA) is 34.0 Å². The third-order valence-electron chi connectivity index (χ3n) is 2.25. The van der Waals surface area contributed by atoms with E-state index >= 15 is 0 Å². The van der Waals surface area contributed by atoms with Crippen molar-refractivity contribution >= 4 is 0 Å². The molecule has 16 heavy (non-hydrogen) atoms. The van der Waals surface area contributed by atoms with E-state index in [1.807, 2.05) is 45.7 Å². The fourth-order valence-electron chi connectivity index (χ4n) is 1.55. The normalized spacial score (nSPS) is 11.0. The number of hydrogen-bond donors (Lipinski definition) is 0. The molecule has 0 amide bonds. The molecule has 2 aromatic rings. The Morgan fingerprint density at radius 2 is 2.06 bits per heavy atom. The monoisotopic (exact) mass is 216 g/mol. The van der Waals surface area contributed by atoms with E-state index in [0.717, 1.165) is 17.9 Å². The molecule has 2 aromatic heterocycles. The molecule has 0 unspecified atom stereocenters. The highest BCUT2D eigenvalue weighted by Crippen LogP contribution is 2.07. The molecule has 2 heterocycles. The van der Waals surface area contributed by atoms with Crippen molar-refractivity contribution in [1.29, 1.82) is 0 Å². The van der Waals surface area contributed by atoms with Crippen LogP contribution in [0.2, 0.25) is 0 Å². The molecule has 0 aliphatic heterocycles. The maximum Gasteiger partial charge on any atom is 0.153 e. The zero-order chi connectivity index (χ0) is 11.5. The maximum atomic E-state index is 4.39. The fraction of sp³-hybridized carbons (Fsp3) is 0.333. The number of aryl methyl sites for hydroxylation is 1. The smallest absolute Gasteiger partial charge is 0.153 e. The van der Waals surface area contributed by atoms with E-state index < -0.39 is 0 Å². The third kappa shape index (κ3) is 2.46. The van der Waals surface area contributed by atoms with Crippen molar-refractivity contribution < 1.29 is 0 Å². The van der Waals surface area contributed by atoms with Crippen LogP contribution in [0.25, 0.3) is 5.82 Å². The van der Waals surface area contributed by atoms with Crippen LogP contribution in [0, 0.1) is 6.92 Å². The highest BCUT2D eigenvalue weighted by molar-refractivity contribution is 5.25. The summed E-state index contributed by atoms with van der Waals surface area (Å²) in [5.41, 5.74) is 2.34. The lowest BCUT2D eigenvalue weighted by atomic mass is 10.3. The molecule has 0 aromatic carbocycles. The Bertz CT molecular complexity index is 456. The molecule has 4 heteroatoms. The molecular formula is C12H16N4. The number of nitrogens with zero attached hydrogens (tertiary/aromatic N) is 4. The standard InChI is InChI=1S/C12H16N4/c1-10-6-14-16(8-10)12-5-4-11(7-13-12)9-15(2)3/h4-8H,9H2,1-3H3. The van der Waals surface area contributed by atoms with Gasteiger partial charge in [0.15, 0.2) is 5.82 Å². The molecule has 0 saturated heterocycles. The quantitative estimate of drug-likeness (QED) is 0.782. The van der Waals surface area contributed by atoms with Crippen LogP contribution in [0.4, 0.5) is 0 Å². The summed E-state index contributed by atoms with van der Waals surface area (Å²) in [6, 6.07) is 4.07. The second kappa shape index (κ2) is 4.45. The van der Waals surface area contributed by atoms with Crippen LogP contribution in [0.3, 0.4) is 0 Å². The highest BCUT2D eigenvalue weighted by atomic mass is 15.3. The average Bonchev–Trinajstić information content (AvgIpc) is 2.65. The number of aromatic nitrogens is 3. The van der Waals surface area contributed by atoms with Gasteiger partial charge in [-0.15, -0.1) is 0 Å². The molecule has 0 radical (unpaired) electrons. The van der Waals surface area contributed by atoms with Crippen molar-refractivity contribution in [3.05, 3.63) is 41.9 Å². The first kappa shape index (κ1) is 10.8. The van der Waals surface area contributed by atoms with Gasteiger partial charge in [-0.2, -0.15) is 5.10 Å². The summed E-state index contributed by atoms with van der Waals surface area (Å²) in [6.45, 7) is 2.93. The molecule has 0 N–H and O–H groups in total. The van der Waals surface area contributed by atoms with Crippen LogP contribution < -0.4 is 0 Å². The van der Waals surface area contributed by atoms with Gasteiger partial charge in [-0.25, -0.2) is 9.67 Å². The van der Waals surface area contributed by atoms with Crippen molar-refractivity contribution in [3.63, 3.8) is 0 Å². The number of hydrogen-bond acceptors (Lipinski definition) is 3. The van der Waals surface area contributed by atoms with Crippen molar-refractivity contribution in [2.24, 2.45) is 0 Å². The Morgan fingerprint density at radius 1 is 1.25 bits per heavy atom. The van der Waals surface area contributed by atoms with Crippen molar-refractivity contribution in [2.45, 2.75) is 13.5 Å². The van der Waals surface area contributed by atoms with E-state index in [1.54, 1.807) is 4.68 Å². The zero-order valence-electron chi connectivity index (χ0n) is 9.88. The van der Waals surface area contributed by atoms with Gasteiger partial charge in [-0.1, -0.05) is 6.07 Å². The van der Waals surface area contributed by atoms with E-state index in [9.17, 15) is 0 Å². The fourth-order valence-corrected chi connectivity index (χ4v) is 1.55. The van der Waals surface area contributed by atoms with Crippen LogP contribution in [0.15, 0.2) is 30.7 Å². The molecule has 0 saturated carbocycles. The summed E-state index contributed by atoms with van der Waals surface area (Å²) in [5, 5.41) is 4.22. The molecule has 4 nitrogen and oxygen atoms in total. The molecule has 0 aliphatic carbocycles. The Hall–Kier alpha value is -1.68. The first-order valence-electron chi connectivity index (χ1n) is 5.26. The predicted molar refractivity (Wildman–Crippen MR) is 63.5 cm³/mol. The molecule has 0 bridgehead atoms. The molecular weight excluding hydrogens is 200 g/mol. The van der Waals surface area contributed by atoms with Crippen LogP contribution in [-0.2, 0) is 6.54 Å². The third-order valence-corrected chi connectivity index (χ3v) is 2.25. The first-order valence-corrected chi connectivity index (χ1v) is 5.26. The molecule has 2 rings (SSSR count). The van der Waals surface area contributed by atoms with E-state index in [2.05, 4.69) is 21.0 Å². The van der Waals surface area contributed by atoms with Gasteiger partial charge >= 0.3 is 0 Å². The zero-order valence-corrected chi connectivity index (χ0v) is 9.88. The van der Waals surface area contributed by atoms with E-state index in [4.69, 9.17) is 0 Å². The molecule has 0 spiro atoms. The largest absolute Gasteiger partial charge is 0.305 e. The summed E-state index contributed by atoms with van der Waals surface area (Å²) in [5.74, 6) is 0.857. The SMILES string of the molecule is Cc1cnn(-c2ccc(CN(C)C)cn2)c1. The van der Waals surface area contributed by atoms with E-state index in [1.165, 1.54) is 5.56 Å². The Morgan fingerprint density at radius 3 is 2.56 bits per heavy atom. The number of rotatable bonds is 3. The van der Waals surface area contributed by atoms with Gasteiger partial charge in [-0.05, 0) is 38.2 Å². The second-order valence-electron chi connectivity index (χ2n) is 4.22. The summed E-state index contributed by atoms with van der Waals surface area (Å²) < 4.78 is 1.79. The first-order chi connectivity index (χ1) is 7.65. The minimum absolute atomic E-state index is 0.857. The van der Waals surface area contributed by atoms with Gasteiger partial charge < -0.3 is 4.90 Å². The van der Waals surface area contributed by atoms with Crippen LogP contribution in [-0.4, -0.2) is 33.8 Å². The van der Waals surface area contributed by atoms with Crippen LogP contribution >= 0.6 is 0 Å². The lowest BCUT2D eigenvalue weighted by molar-refractivity contribution is 0.402. The van der Waals surface area contributed by atoms with Crippen molar-refractivity contribution in [2.75, 3.05) is 14.1 Å². The van der Waals surface area contributed by atoms with Gasteiger partial charge in [0, 0.05) is 18.9 Å². The minimum atomic E-state index is 0.857. The van der Waals surface area contributed by atoms with Gasteiger partial charge in [-0.3, -0.25) is 0 Å². The van der Waals surface area contributed by atoms with E-state index in [0.29, 0.717) is 0 Å². The molecule has 0 atom stereocenters. The minimum Gasteiger partial charge on any atom is -0.305 e. The second-order valence-corrected chi connectivity index (χ2v) is 4.22. The number of pyridine rings is 1. The maximum absolute atomic E-state index is 4.39. The Labute approximate surface area is 95.5 Å². The summed E-state index contributed by atoms with van der Waals surface area (Å²) in [6.07, 6.45) is 5.69. The Balaban J connectivity index is 2.19. The predicted octanol–water partition coefficient (Wildman–Crippen LogP) is 1.64. The summed E-state index contributed by atoms with van der Waals surface area (Å²) in [4.78, 5) is 6.51. The van der Waals surface area contributed by atoms with Crippen molar-refractivity contribution in [3.8, 4) is 5.82 Å². The molecule has 0 fully saturated rings. The summed E-state index contributed by atoms with van der Waals surface area (Å²) >= 11 is 0. The Kier molecular flexibility index (Phi) is 3.01. The lowest BCUT2D eigenvalue weighted by Crippen LogP contribution is -2.11. The lowest BCUT2D eigenvalue weighted by Gasteiger charge is -2.09. The van der Waals surface area contributed by atoms with Crippen LogP contribution in [0.5, 0.6) is 0 Å².